The van der Waals surface area contributed by atoms with Crippen LogP contribution in [0.25, 0.3) is 0 Å². The average Bonchev–Trinajstić information content (AvgIpc) is 2.03. The van der Waals surface area contributed by atoms with E-state index in [1.54, 1.807) is 0 Å². The minimum atomic E-state index is -1.14. The molecule has 0 spiro atoms. The molecule has 0 aliphatic rings. The van der Waals surface area contributed by atoms with E-state index in [4.69, 9.17) is 14.9 Å². The minimum Gasteiger partial charge on any atom is -0.462 e. The van der Waals surface area contributed by atoms with Gasteiger partial charge in [0.1, 0.15) is 6.10 Å². The second kappa shape index (κ2) is 5.72. The molecular formula is C9H16O4. The van der Waals surface area contributed by atoms with Gasteiger partial charge < -0.3 is 14.9 Å². The largest absolute Gasteiger partial charge is 0.462 e. The zero-order valence-electron chi connectivity index (χ0n) is 7.99. The minimum absolute atomic E-state index is 0.198. The maximum Gasteiger partial charge on any atom is 0.224 e. The Morgan fingerprint density at radius 1 is 1.54 bits per heavy atom. The molecule has 76 valence electrons. The summed E-state index contributed by atoms with van der Waals surface area (Å²) in [6, 6.07) is 0. The summed E-state index contributed by atoms with van der Waals surface area (Å²) in [5, 5.41) is 18.0. The maximum absolute atomic E-state index is 11.0. The van der Waals surface area contributed by atoms with E-state index in [1.165, 1.54) is 6.92 Å². The summed E-state index contributed by atoms with van der Waals surface area (Å²) in [7, 11) is 0. The third-order valence-electron chi connectivity index (χ3n) is 1.47. The number of carbonyl (C=O) groups excluding carboxylic acids is 1. The summed E-state index contributed by atoms with van der Waals surface area (Å²) in [6.07, 6.45) is -0.967. The molecule has 2 N–H and O–H groups in total. The Labute approximate surface area is 77.8 Å². The lowest BCUT2D eigenvalue weighted by atomic mass is 10.2. The van der Waals surface area contributed by atoms with Crippen LogP contribution in [0.3, 0.4) is 0 Å². The number of ether oxygens (including phenoxy) is 1. The van der Waals surface area contributed by atoms with Gasteiger partial charge in [-0.2, -0.15) is 0 Å². The standard InChI is InChI=1S/C9H16O4/c1-4-5-8(11)13-7(3)9(12)6(2)10/h6,8,10-11H,3-5H2,1-2H3. The summed E-state index contributed by atoms with van der Waals surface area (Å²) in [6.45, 7) is 6.51. The number of aliphatic hydroxyl groups excluding tert-OH is 2. The highest BCUT2D eigenvalue weighted by molar-refractivity contribution is 5.95. The Hall–Kier alpha value is -0.870. The molecule has 0 aliphatic heterocycles. The highest BCUT2D eigenvalue weighted by Gasteiger charge is 2.16. The van der Waals surface area contributed by atoms with E-state index < -0.39 is 18.2 Å². The molecule has 0 rings (SSSR count). The van der Waals surface area contributed by atoms with Crippen LogP contribution in [-0.4, -0.2) is 28.4 Å². The average molecular weight is 188 g/mol. The van der Waals surface area contributed by atoms with Crippen molar-refractivity contribution in [2.24, 2.45) is 0 Å². The summed E-state index contributed by atoms with van der Waals surface area (Å²) < 4.78 is 4.77. The summed E-state index contributed by atoms with van der Waals surface area (Å²) in [5.74, 6) is -0.800. The molecule has 0 radical (unpaired) electrons. The van der Waals surface area contributed by atoms with Gasteiger partial charge in [-0.25, -0.2) is 0 Å². The van der Waals surface area contributed by atoms with Gasteiger partial charge in [-0.15, -0.1) is 0 Å². The van der Waals surface area contributed by atoms with E-state index >= 15 is 0 Å². The Kier molecular flexibility index (Phi) is 5.34. The molecule has 13 heavy (non-hydrogen) atoms. The van der Waals surface area contributed by atoms with Gasteiger partial charge in [0, 0.05) is 6.42 Å². The molecule has 2 unspecified atom stereocenters. The highest BCUT2D eigenvalue weighted by Crippen LogP contribution is 2.06. The lowest BCUT2D eigenvalue weighted by molar-refractivity contribution is -0.133. The van der Waals surface area contributed by atoms with Gasteiger partial charge in [-0.1, -0.05) is 19.9 Å². The van der Waals surface area contributed by atoms with Crippen molar-refractivity contribution >= 4 is 5.78 Å². The zero-order valence-corrected chi connectivity index (χ0v) is 7.99. The number of hydrogen-bond donors (Lipinski definition) is 2. The fourth-order valence-electron chi connectivity index (χ4n) is 0.761. The molecule has 0 saturated heterocycles. The molecule has 0 bridgehead atoms. The fraction of sp³-hybridized carbons (Fsp3) is 0.667. The first-order valence-electron chi connectivity index (χ1n) is 4.25. The molecular weight excluding hydrogens is 172 g/mol. The number of ketones is 1. The maximum atomic E-state index is 11.0. The first-order chi connectivity index (χ1) is 5.99. The van der Waals surface area contributed by atoms with Crippen LogP contribution >= 0.6 is 0 Å². The normalized spacial score (nSPS) is 14.8. The topological polar surface area (TPSA) is 66.8 Å². The second-order valence-corrected chi connectivity index (χ2v) is 2.82. The predicted molar refractivity (Wildman–Crippen MR) is 47.8 cm³/mol. The molecule has 0 heterocycles. The predicted octanol–water partition coefficient (Wildman–Crippen LogP) is 0.585. The van der Waals surface area contributed by atoms with Gasteiger partial charge in [-0.3, -0.25) is 4.79 Å². The molecule has 0 aromatic rings. The van der Waals surface area contributed by atoms with Crippen LogP contribution in [0.1, 0.15) is 26.7 Å². The monoisotopic (exact) mass is 188 g/mol. The number of hydrogen-bond acceptors (Lipinski definition) is 4. The van der Waals surface area contributed by atoms with Crippen molar-refractivity contribution in [1.29, 1.82) is 0 Å². The third-order valence-corrected chi connectivity index (χ3v) is 1.47. The SMILES string of the molecule is C=C(OC(O)CCC)C(=O)C(C)O. The lowest BCUT2D eigenvalue weighted by Crippen LogP contribution is -2.22. The van der Waals surface area contributed by atoms with Crippen LogP contribution < -0.4 is 0 Å². The van der Waals surface area contributed by atoms with Crippen LogP contribution in [0, 0.1) is 0 Å². The molecule has 2 atom stereocenters. The van der Waals surface area contributed by atoms with Gasteiger partial charge in [0.15, 0.2) is 12.0 Å². The molecule has 4 nitrogen and oxygen atoms in total. The molecule has 0 amide bonds. The Balaban J connectivity index is 3.93. The smallest absolute Gasteiger partial charge is 0.224 e. The number of rotatable bonds is 6. The van der Waals surface area contributed by atoms with E-state index in [0.29, 0.717) is 6.42 Å². The van der Waals surface area contributed by atoms with Crippen molar-refractivity contribution in [3.05, 3.63) is 12.3 Å². The van der Waals surface area contributed by atoms with Crippen molar-refractivity contribution < 1.29 is 19.7 Å². The first-order valence-corrected chi connectivity index (χ1v) is 4.25. The van der Waals surface area contributed by atoms with Gasteiger partial charge in [-0.05, 0) is 6.92 Å². The van der Waals surface area contributed by atoms with E-state index in [0.717, 1.165) is 6.42 Å². The quantitative estimate of drug-likeness (QED) is 0.363. The van der Waals surface area contributed by atoms with E-state index in [1.807, 2.05) is 6.92 Å². The van der Waals surface area contributed by atoms with E-state index in [2.05, 4.69) is 6.58 Å². The molecule has 4 heteroatoms. The molecule has 0 aromatic heterocycles. The van der Waals surface area contributed by atoms with Crippen molar-refractivity contribution in [3.63, 3.8) is 0 Å². The van der Waals surface area contributed by atoms with Crippen LogP contribution in [0.15, 0.2) is 12.3 Å². The van der Waals surface area contributed by atoms with Crippen LogP contribution in [0.4, 0.5) is 0 Å². The number of Topliss-reactive ketones (excluding diaryl/α,β-unsaturated/α-hetero) is 1. The summed E-state index contributed by atoms with van der Waals surface area (Å²) in [5.41, 5.74) is 0. The first kappa shape index (κ1) is 12.1. The molecule has 0 aliphatic carbocycles. The highest BCUT2D eigenvalue weighted by atomic mass is 16.6. The second-order valence-electron chi connectivity index (χ2n) is 2.82. The Morgan fingerprint density at radius 2 is 2.08 bits per heavy atom. The third kappa shape index (κ3) is 4.65. The van der Waals surface area contributed by atoms with Gasteiger partial charge in [0.25, 0.3) is 0 Å². The Bertz CT molecular complexity index is 186. The van der Waals surface area contributed by atoms with E-state index in [9.17, 15) is 4.79 Å². The van der Waals surface area contributed by atoms with Crippen molar-refractivity contribution in [1.82, 2.24) is 0 Å². The van der Waals surface area contributed by atoms with Gasteiger partial charge >= 0.3 is 0 Å². The van der Waals surface area contributed by atoms with Crippen molar-refractivity contribution in [2.45, 2.75) is 39.1 Å². The number of aliphatic hydroxyl groups is 2. The van der Waals surface area contributed by atoms with Crippen LogP contribution in [0.5, 0.6) is 0 Å². The lowest BCUT2D eigenvalue weighted by Gasteiger charge is -2.14. The zero-order chi connectivity index (χ0) is 10.4. The number of carbonyl (C=O) groups is 1. The Morgan fingerprint density at radius 3 is 2.46 bits per heavy atom. The summed E-state index contributed by atoms with van der Waals surface area (Å²) >= 11 is 0. The molecule has 0 saturated carbocycles. The fourth-order valence-corrected chi connectivity index (χ4v) is 0.761. The van der Waals surface area contributed by atoms with E-state index in [-0.39, 0.29) is 5.76 Å². The summed E-state index contributed by atoms with van der Waals surface area (Å²) in [4.78, 5) is 11.0. The molecule has 0 fully saturated rings. The van der Waals surface area contributed by atoms with Crippen molar-refractivity contribution in [3.8, 4) is 0 Å². The van der Waals surface area contributed by atoms with Gasteiger partial charge in [0.05, 0.1) is 0 Å². The van der Waals surface area contributed by atoms with Gasteiger partial charge in [0.2, 0.25) is 5.78 Å². The molecule has 0 aromatic carbocycles. The van der Waals surface area contributed by atoms with Crippen LogP contribution in [0.2, 0.25) is 0 Å². The van der Waals surface area contributed by atoms with Crippen molar-refractivity contribution in [2.75, 3.05) is 0 Å². The van der Waals surface area contributed by atoms with Crippen LogP contribution in [-0.2, 0) is 9.53 Å².